The summed E-state index contributed by atoms with van der Waals surface area (Å²) in [6, 6.07) is 9.35. The average Bonchev–Trinajstić information content (AvgIpc) is 2.62. The number of methoxy groups -OCH3 is 2. The lowest BCUT2D eigenvalue weighted by molar-refractivity contribution is -0.384. The third-order valence-corrected chi connectivity index (χ3v) is 3.79. The molecule has 8 heteroatoms. The predicted octanol–water partition coefficient (Wildman–Crippen LogP) is 3.54. The molecule has 0 atom stereocenters. The van der Waals surface area contributed by atoms with Crippen LogP contribution >= 0.6 is 12.6 Å². The highest BCUT2D eigenvalue weighted by Crippen LogP contribution is 2.35. The molecule has 0 saturated carbocycles. The average molecular weight is 363 g/mol. The number of esters is 1. The van der Waals surface area contributed by atoms with E-state index in [2.05, 4.69) is 17.4 Å². The van der Waals surface area contributed by atoms with Crippen molar-refractivity contribution in [2.75, 3.05) is 14.2 Å². The van der Waals surface area contributed by atoms with Crippen molar-refractivity contribution in [2.24, 2.45) is 0 Å². The van der Waals surface area contributed by atoms with Crippen LogP contribution in [0.15, 0.2) is 36.4 Å². The van der Waals surface area contributed by atoms with Gasteiger partial charge < -0.3 is 14.2 Å². The van der Waals surface area contributed by atoms with Crippen LogP contribution in [0, 0.1) is 10.1 Å². The molecule has 0 aromatic heterocycles. The van der Waals surface area contributed by atoms with Gasteiger partial charge in [0.2, 0.25) is 0 Å². The van der Waals surface area contributed by atoms with Gasteiger partial charge in [0, 0.05) is 23.4 Å². The molecule has 2 rings (SSSR count). The molecule has 0 amide bonds. The van der Waals surface area contributed by atoms with Gasteiger partial charge in [0.25, 0.3) is 5.69 Å². The molecule has 0 aliphatic carbocycles. The first-order valence-corrected chi connectivity index (χ1v) is 7.91. The van der Waals surface area contributed by atoms with Crippen molar-refractivity contribution in [2.45, 2.75) is 12.2 Å². The predicted molar refractivity (Wildman–Crippen MR) is 94.6 cm³/mol. The van der Waals surface area contributed by atoms with Gasteiger partial charge in [-0.2, -0.15) is 12.6 Å². The molecule has 0 bridgehead atoms. The minimum atomic E-state index is -0.478. The van der Waals surface area contributed by atoms with E-state index in [0.717, 1.165) is 0 Å². The fraction of sp³-hybridized carbons (Fsp3) is 0.235. The number of hydrogen-bond donors (Lipinski definition) is 1. The van der Waals surface area contributed by atoms with Gasteiger partial charge >= 0.3 is 5.97 Å². The molecule has 2 aromatic rings. The number of benzene rings is 2. The standard InChI is InChI=1S/C17H17NO6S/c1-22-15-5-3-11(8-17(19)23-2)7-16(15)24-14-6-4-13(18(20)21)9-12(14)10-25/h3-7,9,25H,8,10H2,1-2H3. The number of non-ortho nitro benzene ring substituents is 1. The van der Waals surface area contributed by atoms with Crippen molar-refractivity contribution < 1.29 is 23.9 Å². The molecule has 0 saturated heterocycles. The molecular weight excluding hydrogens is 346 g/mol. The van der Waals surface area contributed by atoms with Crippen LogP contribution in [-0.2, 0) is 21.7 Å². The van der Waals surface area contributed by atoms with E-state index in [1.54, 1.807) is 18.2 Å². The van der Waals surface area contributed by atoms with Crippen molar-refractivity contribution in [3.63, 3.8) is 0 Å². The summed E-state index contributed by atoms with van der Waals surface area (Å²) in [7, 11) is 2.82. The largest absolute Gasteiger partial charge is 0.493 e. The Morgan fingerprint density at radius 2 is 1.84 bits per heavy atom. The van der Waals surface area contributed by atoms with Crippen molar-refractivity contribution in [1.29, 1.82) is 0 Å². The highest BCUT2D eigenvalue weighted by atomic mass is 32.1. The van der Waals surface area contributed by atoms with Gasteiger partial charge in [-0.15, -0.1) is 0 Å². The number of rotatable bonds is 7. The lowest BCUT2D eigenvalue weighted by atomic mass is 10.1. The normalized spacial score (nSPS) is 10.2. The Morgan fingerprint density at radius 3 is 2.44 bits per heavy atom. The quantitative estimate of drug-likeness (QED) is 0.350. The number of nitro groups is 1. The van der Waals surface area contributed by atoms with E-state index in [9.17, 15) is 14.9 Å². The Balaban J connectivity index is 2.36. The van der Waals surface area contributed by atoms with Crippen LogP contribution in [-0.4, -0.2) is 25.1 Å². The molecule has 0 heterocycles. The Kier molecular flexibility index (Phi) is 6.24. The second-order valence-electron chi connectivity index (χ2n) is 5.05. The molecule has 0 N–H and O–H groups in total. The Hall–Kier alpha value is -2.74. The fourth-order valence-corrected chi connectivity index (χ4v) is 2.42. The molecule has 2 aromatic carbocycles. The summed E-state index contributed by atoms with van der Waals surface area (Å²) in [6.45, 7) is 0. The zero-order valence-corrected chi connectivity index (χ0v) is 14.6. The topological polar surface area (TPSA) is 87.9 Å². The van der Waals surface area contributed by atoms with Crippen LogP contribution in [0.2, 0.25) is 0 Å². The maximum absolute atomic E-state index is 11.4. The molecule has 0 aliphatic heterocycles. The fourth-order valence-electron chi connectivity index (χ4n) is 2.17. The molecule has 0 fully saturated rings. The molecular formula is C17H17NO6S. The van der Waals surface area contributed by atoms with Gasteiger partial charge in [-0.25, -0.2) is 0 Å². The molecule has 25 heavy (non-hydrogen) atoms. The first kappa shape index (κ1) is 18.6. The molecule has 132 valence electrons. The third kappa shape index (κ3) is 4.63. The Labute approximate surface area is 150 Å². The Bertz CT molecular complexity index is 793. The van der Waals surface area contributed by atoms with Crippen molar-refractivity contribution >= 4 is 24.3 Å². The Morgan fingerprint density at radius 1 is 1.12 bits per heavy atom. The van der Waals surface area contributed by atoms with Gasteiger partial charge in [-0.05, 0) is 23.8 Å². The number of thiol groups is 1. The van der Waals surface area contributed by atoms with Crippen molar-refractivity contribution in [3.05, 3.63) is 57.6 Å². The first-order valence-electron chi connectivity index (χ1n) is 7.28. The van der Waals surface area contributed by atoms with Crippen LogP contribution in [0.4, 0.5) is 5.69 Å². The third-order valence-electron chi connectivity index (χ3n) is 3.45. The van der Waals surface area contributed by atoms with Gasteiger partial charge in [0.15, 0.2) is 11.5 Å². The van der Waals surface area contributed by atoms with E-state index in [1.165, 1.54) is 32.4 Å². The lowest BCUT2D eigenvalue weighted by Gasteiger charge is -2.14. The second-order valence-corrected chi connectivity index (χ2v) is 5.36. The number of ether oxygens (including phenoxy) is 3. The van der Waals surface area contributed by atoms with E-state index in [1.807, 2.05) is 0 Å². The van der Waals surface area contributed by atoms with E-state index in [0.29, 0.717) is 28.4 Å². The van der Waals surface area contributed by atoms with Crippen molar-refractivity contribution in [3.8, 4) is 17.2 Å². The molecule has 7 nitrogen and oxygen atoms in total. The number of nitro benzene ring substituents is 1. The van der Waals surface area contributed by atoms with Gasteiger partial charge in [0.1, 0.15) is 5.75 Å². The summed E-state index contributed by atoms with van der Waals surface area (Å²) in [6.07, 6.45) is 0.0938. The molecule has 0 spiro atoms. The van der Waals surface area contributed by atoms with Crippen molar-refractivity contribution in [1.82, 2.24) is 0 Å². The summed E-state index contributed by atoms with van der Waals surface area (Å²) in [5.74, 6) is 1.18. The minimum Gasteiger partial charge on any atom is -0.493 e. The van der Waals surface area contributed by atoms with Crippen LogP contribution < -0.4 is 9.47 Å². The molecule has 0 radical (unpaired) electrons. The van der Waals surface area contributed by atoms with Crippen LogP contribution in [0.3, 0.4) is 0 Å². The monoisotopic (exact) mass is 363 g/mol. The van der Waals surface area contributed by atoms with Crippen LogP contribution in [0.1, 0.15) is 11.1 Å². The van der Waals surface area contributed by atoms with Gasteiger partial charge in [-0.1, -0.05) is 6.07 Å². The van der Waals surface area contributed by atoms with Crippen LogP contribution in [0.25, 0.3) is 0 Å². The van der Waals surface area contributed by atoms with E-state index < -0.39 is 4.92 Å². The number of nitrogens with zero attached hydrogens (tertiary/aromatic N) is 1. The summed E-state index contributed by atoms with van der Waals surface area (Å²) in [5.41, 5.74) is 1.22. The zero-order valence-electron chi connectivity index (χ0n) is 13.7. The molecule has 0 aliphatic rings. The summed E-state index contributed by atoms with van der Waals surface area (Å²) in [5, 5.41) is 10.9. The SMILES string of the molecule is COC(=O)Cc1ccc(OC)c(Oc2ccc([N+](=O)[O-])cc2CS)c1. The van der Waals surface area contributed by atoms with Gasteiger partial charge in [0.05, 0.1) is 25.6 Å². The lowest BCUT2D eigenvalue weighted by Crippen LogP contribution is -2.04. The first-order chi connectivity index (χ1) is 12.0. The summed E-state index contributed by atoms with van der Waals surface area (Å²) < 4.78 is 15.8. The smallest absolute Gasteiger partial charge is 0.309 e. The van der Waals surface area contributed by atoms with E-state index >= 15 is 0 Å². The number of hydrogen-bond acceptors (Lipinski definition) is 7. The minimum absolute atomic E-state index is 0.0391. The number of carbonyl (C=O) groups is 1. The highest BCUT2D eigenvalue weighted by molar-refractivity contribution is 7.79. The van der Waals surface area contributed by atoms with Gasteiger partial charge in [-0.3, -0.25) is 14.9 Å². The maximum Gasteiger partial charge on any atom is 0.309 e. The highest BCUT2D eigenvalue weighted by Gasteiger charge is 2.15. The maximum atomic E-state index is 11.4. The zero-order chi connectivity index (χ0) is 18.4. The second kappa shape index (κ2) is 8.39. The molecule has 0 unspecified atom stereocenters. The van der Waals surface area contributed by atoms with E-state index in [4.69, 9.17) is 9.47 Å². The van der Waals surface area contributed by atoms with Crippen LogP contribution in [0.5, 0.6) is 17.2 Å². The van der Waals surface area contributed by atoms with E-state index in [-0.39, 0.29) is 23.8 Å². The number of carbonyl (C=O) groups excluding carboxylic acids is 1. The summed E-state index contributed by atoms with van der Waals surface area (Å²) >= 11 is 4.19. The summed E-state index contributed by atoms with van der Waals surface area (Å²) in [4.78, 5) is 21.9.